The van der Waals surface area contributed by atoms with E-state index in [1.54, 1.807) is 0 Å². The van der Waals surface area contributed by atoms with Gasteiger partial charge < -0.3 is 5.32 Å². The van der Waals surface area contributed by atoms with Crippen molar-refractivity contribution in [3.05, 3.63) is 0 Å². The molecule has 1 saturated heterocycles. The van der Waals surface area contributed by atoms with E-state index < -0.39 is 0 Å². The predicted octanol–water partition coefficient (Wildman–Crippen LogP) is 1.43. The fourth-order valence-corrected chi connectivity index (χ4v) is 2.71. The van der Waals surface area contributed by atoms with Crippen molar-refractivity contribution in [3.63, 3.8) is 0 Å². The molecule has 15 heavy (non-hydrogen) atoms. The van der Waals surface area contributed by atoms with Crippen LogP contribution < -0.4 is 10.6 Å². The van der Waals surface area contributed by atoms with Crippen molar-refractivity contribution >= 4 is 5.91 Å². The average molecular weight is 210 g/mol. The van der Waals surface area contributed by atoms with Gasteiger partial charge in [-0.3, -0.25) is 10.1 Å². The first-order chi connectivity index (χ1) is 6.93. The molecule has 1 spiro atoms. The largest absolute Gasteiger partial charge is 0.353 e. The van der Waals surface area contributed by atoms with Crippen LogP contribution >= 0.6 is 0 Å². The molecule has 1 amide bonds. The fraction of sp³-hybridized carbons (Fsp3) is 0.917. The summed E-state index contributed by atoms with van der Waals surface area (Å²) in [7, 11) is 0. The summed E-state index contributed by atoms with van der Waals surface area (Å²) < 4.78 is 0. The van der Waals surface area contributed by atoms with Crippen molar-refractivity contribution in [2.75, 3.05) is 6.54 Å². The van der Waals surface area contributed by atoms with Crippen LogP contribution in [-0.2, 0) is 4.79 Å². The molecule has 1 aliphatic carbocycles. The lowest BCUT2D eigenvalue weighted by Crippen LogP contribution is -2.66. The van der Waals surface area contributed by atoms with E-state index in [0.29, 0.717) is 5.41 Å². The second-order valence-electron chi connectivity index (χ2n) is 6.03. The molecule has 86 valence electrons. The Kier molecular flexibility index (Phi) is 2.53. The summed E-state index contributed by atoms with van der Waals surface area (Å²) in [5.74, 6) is 0.144. The standard InChI is InChI=1S/C12H22N2O/c1-9-10(15)13-8-12(14-9)6-4-11(2,3)5-7-12/h9,14H,4-8H2,1-3H3,(H,13,15)/t9-/m0/s1. The summed E-state index contributed by atoms with van der Waals surface area (Å²) in [5, 5.41) is 6.53. The van der Waals surface area contributed by atoms with Crippen LogP contribution in [0.4, 0.5) is 0 Å². The van der Waals surface area contributed by atoms with Gasteiger partial charge in [-0.2, -0.15) is 0 Å². The molecular weight excluding hydrogens is 188 g/mol. The quantitative estimate of drug-likeness (QED) is 0.635. The van der Waals surface area contributed by atoms with Gasteiger partial charge in [0.15, 0.2) is 0 Å². The first kappa shape index (κ1) is 10.9. The molecule has 0 aromatic heterocycles. The number of rotatable bonds is 0. The van der Waals surface area contributed by atoms with Gasteiger partial charge >= 0.3 is 0 Å². The molecule has 1 atom stereocenters. The maximum atomic E-state index is 11.4. The summed E-state index contributed by atoms with van der Waals surface area (Å²) in [6, 6.07) is -0.0278. The normalized spacial score (nSPS) is 33.8. The van der Waals surface area contributed by atoms with Gasteiger partial charge in [-0.05, 0) is 38.0 Å². The van der Waals surface area contributed by atoms with Crippen LogP contribution in [0.25, 0.3) is 0 Å². The highest BCUT2D eigenvalue weighted by molar-refractivity contribution is 5.82. The Hall–Kier alpha value is -0.570. The zero-order chi connectivity index (χ0) is 11.1. The molecule has 2 fully saturated rings. The van der Waals surface area contributed by atoms with Gasteiger partial charge in [-0.15, -0.1) is 0 Å². The highest BCUT2D eigenvalue weighted by Gasteiger charge is 2.42. The van der Waals surface area contributed by atoms with Crippen molar-refractivity contribution < 1.29 is 4.79 Å². The van der Waals surface area contributed by atoms with Gasteiger partial charge in [-0.25, -0.2) is 0 Å². The zero-order valence-electron chi connectivity index (χ0n) is 10.0. The van der Waals surface area contributed by atoms with E-state index in [4.69, 9.17) is 0 Å². The Balaban J connectivity index is 2.01. The monoisotopic (exact) mass is 210 g/mol. The Bertz CT molecular complexity index is 263. The molecule has 0 radical (unpaired) electrons. The van der Waals surface area contributed by atoms with Crippen molar-refractivity contribution in [1.82, 2.24) is 10.6 Å². The first-order valence-electron chi connectivity index (χ1n) is 5.98. The zero-order valence-corrected chi connectivity index (χ0v) is 10.0. The van der Waals surface area contributed by atoms with Crippen LogP contribution in [0.5, 0.6) is 0 Å². The Morgan fingerprint density at radius 2 is 1.80 bits per heavy atom. The third-order valence-corrected chi connectivity index (χ3v) is 4.08. The topological polar surface area (TPSA) is 41.1 Å². The lowest BCUT2D eigenvalue weighted by atomic mass is 9.68. The summed E-state index contributed by atoms with van der Waals surface area (Å²) >= 11 is 0. The Labute approximate surface area is 92.0 Å². The minimum Gasteiger partial charge on any atom is -0.353 e. The van der Waals surface area contributed by atoms with Crippen molar-refractivity contribution in [2.24, 2.45) is 5.41 Å². The van der Waals surface area contributed by atoms with E-state index in [1.165, 1.54) is 25.7 Å². The van der Waals surface area contributed by atoms with Crippen LogP contribution in [0, 0.1) is 5.41 Å². The Morgan fingerprint density at radius 3 is 2.33 bits per heavy atom. The number of hydrogen-bond acceptors (Lipinski definition) is 2. The highest BCUT2D eigenvalue weighted by atomic mass is 16.2. The van der Waals surface area contributed by atoms with Gasteiger partial charge in [0.2, 0.25) is 5.91 Å². The van der Waals surface area contributed by atoms with Crippen molar-refractivity contribution in [3.8, 4) is 0 Å². The number of carbonyl (C=O) groups is 1. The second kappa shape index (κ2) is 3.48. The first-order valence-corrected chi connectivity index (χ1v) is 5.98. The molecule has 1 aliphatic heterocycles. The molecule has 3 heteroatoms. The molecule has 0 unspecified atom stereocenters. The summed E-state index contributed by atoms with van der Waals surface area (Å²) in [6.07, 6.45) is 4.88. The van der Waals surface area contributed by atoms with Gasteiger partial charge in [0.05, 0.1) is 6.04 Å². The minimum absolute atomic E-state index is 0.0278. The van der Waals surface area contributed by atoms with Crippen LogP contribution in [0.2, 0.25) is 0 Å². The number of nitrogens with one attached hydrogen (secondary N) is 2. The van der Waals surface area contributed by atoms with Crippen LogP contribution in [-0.4, -0.2) is 24.0 Å². The molecular formula is C12H22N2O. The maximum absolute atomic E-state index is 11.4. The van der Waals surface area contributed by atoms with E-state index in [9.17, 15) is 4.79 Å². The lowest BCUT2D eigenvalue weighted by molar-refractivity contribution is -0.126. The van der Waals surface area contributed by atoms with Crippen LogP contribution in [0.1, 0.15) is 46.5 Å². The smallest absolute Gasteiger partial charge is 0.236 e. The molecule has 3 nitrogen and oxygen atoms in total. The van der Waals surface area contributed by atoms with Gasteiger partial charge in [0, 0.05) is 12.1 Å². The molecule has 2 aliphatic rings. The second-order valence-corrected chi connectivity index (χ2v) is 6.03. The number of piperazine rings is 1. The molecule has 0 aromatic carbocycles. The van der Waals surface area contributed by atoms with Crippen LogP contribution in [0.3, 0.4) is 0 Å². The lowest BCUT2D eigenvalue weighted by Gasteiger charge is -2.47. The third kappa shape index (κ3) is 2.17. The number of amides is 1. The summed E-state index contributed by atoms with van der Waals surface area (Å²) in [5.41, 5.74) is 0.667. The molecule has 1 heterocycles. The summed E-state index contributed by atoms with van der Waals surface area (Å²) in [4.78, 5) is 11.4. The SMILES string of the molecule is C[C@@H]1NC2(CCC(C)(C)CC2)CNC1=O. The van der Waals surface area contributed by atoms with Crippen LogP contribution in [0.15, 0.2) is 0 Å². The van der Waals surface area contributed by atoms with Gasteiger partial charge in [0.25, 0.3) is 0 Å². The van der Waals surface area contributed by atoms with Gasteiger partial charge in [-0.1, -0.05) is 13.8 Å². The van der Waals surface area contributed by atoms with Crippen molar-refractivity contribution in [2.45, 2.75) is 58.0 Å². The summed E-state index contributed by atoms with van der Waals surface area (Å²) in [6.45, 7) is 7.44. The van der Waals surface area contributed by atoms with Crippen molar-refractivity contribution in [1.29, 1.82) is 0 Å². The number of carbonyl (C=O) groups excluding carboxylic acids is 1. The molecule has 0 aromatic rings. The third-order valence-electron chi connectivity index (χ3n) is 4.08. The molecule has 1 saturated carbocycles. The van der Waals surface area contributed by atoms with E-state index in [1.807, 2.05) is 6.92 Å². The highest BCUT2D eigenvalue weighted by Crippen LogP contribution is 2.40. The predicted molar refractivity (Wildman–Crippen MR) is 60.6 cm³/mol. The Morgan fingerprint density at radius 1 is 1.20 bits per heavy atom. The van der Waals surface area contributed by atoms with E-state index >= 15 is 0 Å². The van der Waals surface area contributed by atoms with Gasteiger partial charge in [0.1, 0.15) is 0 Å². The molecule has 2 N–H and O–H groups in total. The maximum Gasteiger partial charge on any atom is 0.236 e. The van der Waals surface area contributed by atoms with E-state index in [-0.39, 0.29) is 17.5 Å². The molecule has 2 rings (SSSR count). The fourth-order valence-electron chi connectivity index (χ4n) is 2.71. The molecule has 0 bridgehead atoms. The number of hydrogen-bond donors (Lipinski definition) is 2. The van der Waals surface area contributed by atoms with E-state index in [0.717, 1.165) is 6.54 Å². The average Bonchev–Trinajstić information content (AvgIpc) is 2.18. The van der Waals surface area contributed by atoms with E-state index in [2.05, 4.69) is 24.5 Å². The minimum atomic E-state index is -0.0278.